The predicted octanol–water partition coefficient (Wildman–Crippen LogP) is 2.56. The number of likely N-dealkylation sites (tertiary alicyclic amines) is 1. The third-order valence-electron chi connectivity index (χ3n) is 3.72. The normalized spacial score (nSPS) is 21.4. The summed E-state index contributed by atoms with van der Waals surface area (Å²) in [6, 6.07) is 6.90. The van der Waals surface area contributed by atoms with Crippen LogP contribution in [0.4, 0.5) is 5.69 Å². The molecule has 1 aromatic rings. The Morgan fingerprint density at radius 3 is 2.94 bits per heavy atom. The third kappa shape index (κ3) is 3.46. The smallest absolute Gasteiger partial charge is 0.0461 e. The van der Waals surface area contributed by atoms with Crippen molar-refractivity contribution >= 4 is 21.6 Å². The SMILES string of the molecule is CN1CCCC(N(C)Cc2ccc(Br)c(N)c2)C1. The summed E-state index contributed by atoms with van der Waals surface area (Å²) in [7, 11) is 4.42. The average Bonchev–Trinajstić information content (AvgIpc) is 2.34. The van der Waals surface area contributed by atoms with Gasteiger partial charge < -0.3 is 10.6 Å². The maximum Gasteiger partial charge on any atom is 0.0461 e. The lowest BCUT2D eigenvalue weighted by Gasteiger charge is -2.36. The van der Waals surface area contributed by atoms with Crippen LogP contribution in [0.1, 0.15) is 18.4 Å². The molecule has 0 aliphatic carbocycles. The van der Waals surface area contributed by atoms with E-state index in [9.17, 15) is 0 Å². The number of halogens is 1. The zero-order valence-corrected chi connectivity index (χ0v) is 12.8. The monoisotopic (exact) mass is 311 g/mol. The van der Waals surface area contributed by atoms with Gasteiger partial charge in [0, 0.05) is 29.3 Å². The van der Waals surface area contributed by atoms with Crippen LogP contribution in [0.3, 0.4) is 0 Å². The number of nitrogen functional groups attached to an aromatic ring is 1. The van der Waals surface area contributed by atoms with E-state index in [1.54, 1.807) is 0 Å². The van der Waals surface area contributed by atoms with Crippen LogP contribution >= 0.6 is 15.9 Å². The van der Waals surface area contributed by atoms with E-state index in [-0.39, 0.29) is 0 Å². The van der Waals surface area contributed by atoms with Gasteiger partial charge in [-0.25, -0.2) is 0 Å². The van der Waals surface area contributed by atoms with Crippen LogP contribution in [0.5, 0.6) is 0 Å². The van der Waals surface area contributed by atoms with Crippen molar-refractivity contribution < 1.29 is 0 Å². The molecule has 0 radical (unpaired) electrons. The Morgan fingerprint density at radius 2 is 2.28 bits per heavy atom. The molecule has 2 N–H and O–H groups in total. The van der Waals surface area contributed by atoms with E-state index in [4.69, 9.17) is 5.73 Å². The Labute approximate surface area is 118 Å². The first kappa shape index (κ1) is 13.8. The summed E-state index contributed by atoms with van der Waals surface area (Å²) in [6.45, 7) is 3.37. The molecule has 100 valence electrons. The molecule has 1 heterocycles. The molecular weight excluding hydrogens is 290 g/mol. The highest BCUT2D eigenvalue weighted by molar-refractivity contribution is 9.10. The molecule has 0 amide bonds. The van der Waals surface area contributed by atoms with E-state index >= 15 is 0 Å². The lowest BCUT2D eigenvalue weighted by atomic mass is 10.0. The number of benzene rings is 1. The maximum absolute atomic E-state index is 5.92. The summed E-state index contributed by atoms with van der Waals surface area (Å²) in [4.78, 5) is 4.86. The molecule has 1 atom stereocenters. The average molecular weight is 312 g/mol. The fraction of sp³-hybridized carbons (Fsp3) is 0.571. The number of rotatable bonds is 3. The molecule has 18 heavy (non-hydrogen) atoms. The standard InChI is InChI=1S/C14H22BrN3/c1-17-7-3-4-12(10-17)18(2)9-11-5-6-13(15)14(16)8-11/h5-6,8,12H,3-4,7,9-10,16H2,1-2H3. The minimum atomic E-state index is 0.661. The van der Waals surface area contributed by atoms with E-state index in [1.807, 2.05) is 6.07 Å². The number of hydrogen-bond acceptors (Lipinski definition) is 3. The minimum Gasteiger partial charge on any atom is -0.398 e. The van der Waals surface area contributed by atoms with Crippen LogP contribution in [-0.4, -0.2) is 43.0 Å². The molecule has 1 fully saturated rings. The number of hydrogen-bond donors (Lipinski definition) is 1. The highest BCUT2D eigenvalue weighted by Gasteiger charge is 2.20. The van der Waals surface area contributed by atoms with Crippen molar-refractivity contribution in [1.29, 1.82) is 0 Å². The van der Waals surface area contributed by atoms with Gasteiger partial charge in [-0.1, -0.05) is 6.07 Å². The first-order chi connectivity index (χ1) is 8.56. The van der Waals surface area contributed by atoms with Crippen molar-refractivity contribution in [2.24, 2.45) is 0 Å². The fourth-order valence-electron chi connectivity index (χ4n) is 2.61. The molecular formula is C14H22BrN3. The van der Waals surface area contributed by atoms with E-state index in [1.165, 1.54) is 31.5 Å². The molecule has 1 aliphatic rings. The second-order valence-corrected chi connectivity index (χ2v) is 6.18. The molecule has 1 unspecified atom stereocenters. The Morgan fingerprint density at radius 1 is 1.50 bits per heavy atom. The minimum absolute atomic E-state index is 0.661. The van der Waals surface area contributed by atoms with Crippen LogP contribution in [0.2, 0.25) is 0 Å². The first-order valence-electron chi connectivity index (χ1n) is 6.49. The van der Waals surface area contributed by atoms with E-state index in [0.29, 0.717) is 6.04 Å². The lowest BCUT2D eigenvalue weighted by Crippen LogP contribution is -2.44. The summed E-state index contributed by atoms with van der Waals surface area (Å²) >= 11 is 3.43. The summed E-state index contributed by atoms with van der Waals surface area (Å²) in [6.07, 6.45) is 2.60. The van der Waals surface area contributed by atoms with Crippen LogP contribution in [0, 0.1) is 0 Å². The quantitative estimate of drug-likeness (QED) is 0.871. The number of nitrogens with zero attached hydrogens (tertiary/aromatic N) is 2. The highest BCUT2D eigenvalue weighted by atomic mass is 79.9. The molecule has 4 heteroatoms. The molecule has 3 nitrogen and oxygen atoms in total. The van der Waals surface area contributed by atoms with Crippen molar-refractivity contribution in [3.63, 3.8) is 0 Å². The number of piperidine rings is 1. The highest BCUT2D eigenvalue weighted by Crippen LogP contribution is 2.22. The van der Waals surface area contributed by atoms with E-state index in [2.05, 4.69) is 52.0 Å². The zero-order chi connectivity index (χ0) is 13.1. The first-order valence-corrected chi connectivity index (χ1v) is 7.28. The van der Waals surface area contributed by atoms with Gasteiger partial charge in [-0.15, -0.1) is 0 Å². The Balaban J connectivity index is 1.97. The van der Waals surface area contributed by atoms with Gasteiger partial charge in [0.1, 0.15) is 0 Å². The van der Waals surface area contributed by atoms with E-state index < -0.39 is 0 Å². The Bertz CT molecular complexity index is 408. The second kappa shape index (κ2) is 6.04. The van der Waals surface area contributed by atoms with Crippen molar-refractivity contribution in [3.05, 3.63) is 28.2 Å². The summed E-state index contributed by atoms with van der Waals surface area (Å²) in [5.41, 5.74) is 8.03. The molecule has 0 bridgehead atoms. The molecule has 1 saturated heterocycles. The molecule has 2 rings (SSSR count). The van der Waals surface area contributed by atoms with E-state index in [0.717, 1.165) is 16.7 Å². The van der Waals surface area contributed by atoms with Gasteiger partial charge in [0.15, 0.2) is 0 Å². The summed E-state index contributed by atoms with van der Waals surface area (Å²) in [5.74, 6) is 0. The van der Waals surface area contributed by atoms with Crippen molar-refractivity contribution in [2.45, 2.75) is 25.4 Å². The Kier molecular flexibility index (Phi) is 4.65. The maximum atomic E-state index is 5.92. The topological polar surface area (TPSA) is 32.5 Å². The van der Waals surface area contributed by atoms with Crippen molar-refractivity contribution in [3.8, 4) is 0 Å². The predicted molar refractivity (Wildman–Crippen MR) is 80.5 cm³/mol. The zero-order valence-electron chi connectivity index (χ0n) is 11.2. The second-order valence-electron chi connectivity index (χ2n) is 5.33. The van der Waals surface area contributed by atoms with Gasteiger partial charge in [-0.2, -0.15) is 0 Å². The van der Waals surface area contributed by atoms with Crippen LogP contribution in [0.25, 0.3) is 0 Å². The molecule has 1 aromatic carbocycles. The largest absolute Gasteiger partial charge is 0.398 e. The molecule has 1 aliphatic heterocycles. The van der Waals surface area contributed by atoms with Gasteiger partial charge in [0.25, 0.3) is 0 Å². The lowest BCUT2D eigenvalue weighted by molar-refractivity contribution is 0.129. The van der Waals surface area contributed by atoms with Gasteiger partial charge in [-0.3, -0.25) is 4.90 Å². The van der Waals surface area contributed by atoms with Gasteiger partial charge >= 0.3 is 0 Å². The summed E-state index contributed by atoms with van der Waals surface area (Å²) in [5, 5.41) is 0. The van der Waals surface area contributed by atoms with Crippen molar-refractivity contribution in [2.75, 3.05) is 32.9 Å². The Hall–Kier alpha value is -0.580. The van der Waals surface area contributed by atoms with Crippen LogP contribution in [-0.2, 0) is 6.54 Å². The molecule has 0 spiro atoms. The van der Waals surface area contributed by atoms with Crippen LogP contribution < -0.4 is 5.73 Å². The van der Waals surface area contributed by atoms with Gasteiger partial charge in [0.2, 0.25) is 0 Å². The third-order valence-corrected chi connectivity index (χ3v) is 4.44. The van der Waals surface area contributed by atoms with Gasteiger partial charge in [0.05, 0.1) is 0 Å². The summed E-state index contributed by atoms with van der Waals surface area (Å²) < 4.78 is 0.978. The molecule has 0 aromatic heterocycles. The fourth-order valence-corrected chi connectivity index (χ4v) is 2.85. The number of anilines is 1. The molecule has 0 saturated carbocycles. The van der Waals surface area contributed by atoms with Crippen LogP contribution in [0.15, 0.2) is 22.7 Å². The van der Waals surface area contributed by atoms with Gasteiger partial charge in [-0.05, 0) is 67.1 Å². The van der Waals surface area contributed by atoms with Crippen molar-refractivity contribution in [1.82, 2.24) is 9.80 Å². The number of nitrogens with two attached hydrogens (primary N) is 1. The number of likely N-dealkylation sites (N-methyl/N-ethyl adjacent to an activating group) is 2.